The van der Waals surface area contributed by atoms with Crippen molar-refractivity contribution in [3.05, 3.63) is 30.1 Å². The van der Waals surface area contributed by atoms with E-state index in [-0.39, 0.29) is 5.54 Å². The molecule has 0 aromatic carbocycles. The molecule has 2 aromatic rings. The highest BCUT2D eigenvalue weighted by atomic mass is 15.0. The van der Waals surface area contributed by atoms with Crippen LogP contribution in [-0.2, 0) is 13.1 Å². The lowest BCUT2D eigenvalue weighted by atomic mass is 10.1. The fourth-order valence-electron chi connectivity index (χ4n) is 2.35. The third kappa shape index (κ3) is 4.30. The number of nitrogens with one attached hydrogen (secondary N) is 1. The number of nitriles is 1. The monoisotopic (exact) mass is 284 g/mol. The summed E-state index contributed by atoms with van der Waals surface area (Å²) < 4.78 is 2.21. The molecule has 0 bridgehead atoms. The highest BCUT2D eigenvalue weighted by Gasteiger charge is 2.13. The van der Waals surface area contributed by atoms with Gasteiger partial charge in [-0.25, -0.2) is 4.98 Å². The van der Waals surface area contributed by atoms with Crippen molar-refractivity contribution in [3.63, 3.8) is 0 Å². The molecule has 0 saturated heterocycles. The summed E-state index contributed by atoms with van der Waals surface area (Å²) in [4.78, 5) is 4.52. The first kappa shape index (κ1) is 15.5. The standard InChI is InChI=1S/C17H24N4/c1-17(2,3)20-12-14-13-21(11-6-4-5-9-18)16-15(14)8-7-10-19-16/h7-8,10,13,20H,4-6,11-12H2,1-3H3. The molecule has 0 fully saturated rings. The molecule has 21 heavy (non-hydrogen) atoms. The third-order valence-electron chi connectivity index (χ3n) is 3.46. The molecule has 0 aliphatic carbocycles. The van der Waals surface area contributed by atoms with Gasteiger partial charge in [0.25, 0.3) is 0 Å². The summed E-state index contributed by atoms with van der Waals surface area (Å²) in [5.74, 6) is 0. The van der Waals surface area contributed by atoms with Crippen molar-refractivity contribution < 1.29 is 0 Å². The predicted octanol–water partition coefficient (Wildman–Crippen LogP) is 3.62. The Hall–Kier alpha value is -1.86. The van der Waals surface area contributed by atoms with Crippen molar-refractivity contribution in [3.8, 4) is 6.07 Å². The van der Waals surface area contributed by atoms with E-state index in [4.69, 9.17) is 5.26 Å². The second kappa shape index (κ2) is 6.73. The number of nitrogens with zero attached hydrogens (tertiary/aromatic N) is 3. The molecule has 0 spiro atoms. The van der Waals surface area contributed by atoms with Gasteiger partial charge >= 0.3 is 0 Å². The van der Waals surface area contributed by atoms with E-state index in [9.17, 15) is 0 Å². The Labute approximate surface area is 126 Å². The summed E-state index contributed by atoms with van der Waals surface area (Å²) in [7, 11) is 0. The number of fused-ring (bicyclic) bond motifs is 1. The molecule has 2 heterocycles. The smallest absolute Gasteiger partial charge is 0.140 e. The quantitative estimate of drug-likeness (QED) is 0.824. The maximum atomic E-state index is 8.61. The molecule has 4 heteroatoms. The van der Waals surface area contributed by atoms with Crippen LogP contribution in [0.1, 0.15) is 45.6 Å². The van der Waals surface area contributed by atoms with Gasteiger partial charge < -0.3 is 9.88 Å². The van der Waals surface area contributed by atoms with Crippen LogP contribution in [0.25, 0.3) is 11.0 Å². The topological polar surface area (TPSA) is 53.6 Å². The van der Waals surface area contributed by atoms with Crippen LogP contribution in [0.2, 0.25) is 0 Å². The predicted molar refractivity (Wildman–Crippen MR) is 85.8 cm³/mol. The minimum absolute atomic E-state index is 0.101. The van der Waals surface area contributed by atoms with E-state index in [1.54, 1.807) is 0 Å². The van der Waals surface area contributed by atoms with E-state index in [0.717, 1.165) is 31.6 Å². The first-order valence-electron chi connectivity index (χ1n) is 7.56. The lowest BCUT2D eigenvalue weighted by Crippen LogP contribution is -2.34. The Morgan fingerprint density at radius 3 is 2.86 bits per heavy atom. The number of unbranched alkanes of at least 4 members (excludes halogenated alkanes) is 2. The van der Waals surface area contributed by atoms with Crippen LogP contribution in [0.4, 0.5) is 0 Å². The number of hydrogen-bond acceptors (Lipinski definition) is 3. The molecule has 112 valence electrons. The second-order valence-corrected chi connectivity index (χ2v) is 6.44. The van der Waals surface area contributed by atoms with Gasteiger partial charge in [-0.3, -0.25) is 0 Å². The highest BCUT2D eigenvalue weighted by molar-refractivity contribution is 5.80. The average molecular weight is 284 g/mol. The Morgan fingerprint density at radius 1 is 1.33 bits per heavy atom. The van der Waals surface area contributed by atoms with Gasteiger partial charge in [0.1, 0.15) is 5.65 Å². The zero-order valence-electron chi connectivity index (χ0n) is 13.2. The highest BCUT2D eigenvalue weighted by Crippen LogP contribution is 2.20. The normalized spacial score (nSPS) is 11.7. The Balaban J connectivity index is 2.16. The van der Waals surface area contributed by atoms with Gasteiger partial charge in [0.2, 0.25) is 0 Å². The van der Waals surface area contributed by atoms with Crippen LogP contribution in [0, 0.1) is 11.3 Å². The summed E-state index contributed by atoms with van der Waals surface area (Å²) in [6.45, 7) is 8.28. The minimum atomic E-state index is 0.101. The van der Waals surface area contributed by atoms with Gasteiger partial charge in [-0.15, -0.1) is 0 Å². The molecule has 2 aromatic heterocycles. The first-order valence-corrected chi connectivity index (χ1v) is 7.56. The van der Waals surface area contributed by atoms with Crippen molar-refractivity contribution in [2.24, 2.45) is 0 Å². The van der Waals surface area contributed by atoms with Crippen LogP contribution >= 0.6 is 0 Å². The first-order chi connectivity index (χ1) is 10.0. The SMILES string of the molecule is CC(C)(C)NCc1cn(CCCCC#N)c2ncccc12. The number of aromatic nitrogens is 2. The van der Waals surface area contributed by atoms with Crippen molar-refractivity contribution in [2.45, 2.75) is 58.7 Å². The largest absolute Gasteiger partial charge is 0.332 e. The molecule has 0 aliphatic rings. The molecule has 2 rings (SSSR count). The van der Waals surface area contributed by atoms with Crippen LogP contribution in [0.5, 0.6) is 0 Å². The number of rotatable bonds is 6. The lowest BCUT2D eigenvalue weighted by Gasteiger charge is -2.20. The number of pyridine rings is 1. The van der Waals surface area contributed by atoms with E-state index in [2.05, 4.69) is 54.0 Å². The Kier molecular flexibility index (Phi) is 4.98. The van der Waals surface area contributed by atoms with Gasteiger partial charge in [0.05, 0.1) is 6.07 Å². The summed E-state index contributed by atoms with van der Waals surface area (Å²) >= 11 is 0. The van der Waals surface area contributed by atoms with E-state index in [1.807, 2.05) is 12.3 Å². The Bertz CT molecular complexity index is 628. The third-order valence-corrected chi connectivity index (χ3v) is 3.46. The molecular formula is C17H24N4. The average Bonchev–Trinajstić information content (AvgIpc) is 2.79. The van der Waals surface area contributed by atoms with E-state index < -0.39 is 0 Å². The van der Waals surface area contributed by atoms with Crippen LogP contribution in [0.15, 0.2) is 24.5 Å². The van der Waals surface area contributed by atoms with E-state index in [0.29, 0.717) is 6.42 Å². The maximum absolute atomic E-state index is 8.61. The van der Waals surface area contributed by atoms with Crippen molar-refractivity contribution >= 4 is 11.0 Å². The van der Waals surface area contributed by atoms with E-state index >= 15 is 0 Å². The lowest BCUT2D eigenvalue weighted by molar-refractivity contribution is 0.425. The molecule has 0 radical (unpaired) electrons. The molecule has 0 atom stereocenters. The van der Waals surface area contributed by atoms with Gasteiger partial charge in [0, 0.05) is 42.8 Å². The van der Waals surface area contributed by atoms with Crippen LogP contribution in [-0.4, -0.2) is 15.1 Å². The zero-order chi connectivity index (χ0) is 15.3. The van der Waals surface area contributed by atoms with Gasteiger partial charge in [0.15, 0.2) is 0 Å². The van der Waals surface area contributed by atoms with Crippen LogP contribution < -0.4 is 5.32 Å². The molecule has 0 saturated carbocycles. The summed E-state index contributed by atoms with van der Waals surface area (Å²) in [6, 6.07) is 6.32. The zero-order valence-corrected chi connectivity index (χ0v) is 13.2. The summed E-state index contributed by atoms with van der Waals surface area (Å²) in [5.41, 5.74) is 2.43. The minimum Gasteiger partial charge on any atom is -0.332 e. The number of hydrogen-bond donors (Lipinski definition) is 1. The molecule has 0 aliphatic heterocycles. The molecule has 0 unspecified atom stereocenters. The maximum Gasteiger partial charge on any atom is 0.140 e. The summed E-state index contributed by atoms with van der Waals surface area (Å²) in [6.07, 6.45) is 6.63. The molecule has 1 N–H and O–H groups in total. The van der Waals surface area contributed by atoms with Gasteiger partial charge in [-0.2, -0.15) is 5.26 Å². The van der Waals surface area contributed by atoms with Crippen molar-refractivity contribution in [1.82, 2.24) is 14.9 Å². The summed E-state index contributed by atoms with van der Waals surface area (Å²) in [5, 5.41) is 13.4. The fraction of sp³-hybridized carbons (Fsp3) is 0.529. The molecular weight excluding hydrogens is 260 g/mol. The molecule has 4 nitrogen and oxygen atoms in total. The van der Waals surface area contributed by atoms with Gasteiger partial charge in [-0.1, -0.05) is 0 Å². The van der Waals surface area contributed by atoms with E-state index in [1.165, 1.54) is 10.9 Å². The van der Waals surface area contributed by atoms with Crippen molar-refractivity contribution in [2.75, 3.05) is 0 Å². The Morgan fingerprint density at radius 2 is 2.14 bits per heavy atom. The molecule has 0 amide bonds. The van der Waals surface area contributed by atoms with Gasteiger partial charge in [-0.05, 0) is 51.3 Å². The van der Waals surface area contributed by atoms with Crippen LogP contribution in [0.3, 0.4) is 0 Å². The fourth-order valence-corrected chi connectivity index (χ4v) is 2.35. The second-order valence-electron chi connectivity index (χ2n) is 6.44. The number of aryl methyl sites for hydroxylation is 1. The van der Waals surface area contributed by atoms with Crippen molar-refractivity contribution in [1.29, 1.82) is 5.26 Å².